The van der Waals surface area contributed by atoms with Crippen LogP contribution in [0.2, 0.25) is 5.15 Å². The zero-order valence-corrected chi connectivity index (χ0v) is 8.71. The molecule has 1 heterocycles. The van der Waals surface area contributed by atoms with Gasteiger partial charge in [0.1, 0.15) is 5.15 Å². The minimum Gasteiger partial charge on any atom is -0.244 e. The van der Waals surface area contributed by atoms with Crippen LogP contribution in [-0.4, -0.2) is 9.57 Å². The Kier molecular flexibility index (Phi) is 3.19. The van der Waals surface area contributed by atoms with Crippen molar-refractivity contribution < 1.29 is 13.2 Å². The van der Waals surface area contributed by atoms with Crippen molar-refractivity contribution in [2.45, 2.75) is 10.5 Å². The van der Waals surface area contributed by atoms with E-state index >= 15 is 0 Å². The van der Waals surface area contributed by atoms with Crippen molar-refractivity contribution in [3.8, 4) is 0 Å². The van der Waals surface area contributed by atoms with Gasteiger partial charge in [-0.2, -0.15) is 8.78 Å². The summed E-state index contributed by atoms with van der Waals surface area (Å²) in [5.74, 6) is -4.03. The topological polar surface area (TPSA) is 12.9 Å². The zero-order valence-electron chi connectivity index (χ0n) is 6.45. The Balaban J connectivity index is 3.10. The lowest BCUT2D eigenvalue weighted by atomic mass is 10.1. The highest BCUT2D eigenvalue weighted by Crippen LogP contribution is 2.47. The average molecular weight is 264 g/mol. The lowest BCUT2D eigenvalue weighted by Crippen LogP contribution is -2.31. The van der Waals surface area contributed by atoms with Gasteiger partial charge in [-0.15, -0.1) is 0 Å². The molecule has 0 aliphatic carbocycles. The van der Waals surface area contributed by atoms with Crippen molar-refractivity contribution in [3.63, 3.8) is 0 Å². The smallest absolute Gasteiger partial charge is 0.244 e. The molecular formula is C7H3Cl3F3N. The van der Waals surface area contributed by atoms with Gasteiger partial charge in [-0.05, 0) is 12.1 Å². The van der Waals surface area contributed by atoms with Crippen molar-refractivity contribution >= 4 is 34.8 Å². The van der Waals surface area contributed by atoms with Crippen LogP contribution in [0.4, 0.5) is 13.2 Å². The van der Waals surface area contributed by atoms with Gasteiger partial charge >= 0.3 is 10.5 Å². The largest absolute Gasteiger partial charge is 0.336 e. The number of halogens is 6. The third-order valence-corrected chi connectivity index (χ3v) is 2.14. The molecule has 1 aromatic heterocycles. The van der Waals surface area contributed by atoms with Crippen LogP contribution in [0.5, 0.6) is 0 Å². The fraction of sp³-hybridized carbons (Fsp3) is 0.286. The number of hydrogen-bond acceptors (Lipinski definition) is 1. The number of alkyl halides is 5. The third-order valence-electron chi connectivity index (χ3n) is 1.45. The average Bonchev–Trinajstić information content (AvgIpc) is 2.03. The molecule has 0 saturated heterocycles. The van der Waals surface area contributed by atoms with E-state index in [4.69, 9.17) is 11.6 Å². The second-order valence-electron chi connectivity index (χ2n) is 2.44. The minimum atomic E-state index is -4.03. The molecule has 0 spiro atoms. The van der Waals surface area contributed by atoms with Crippen molar-refractivity contribution in [2.24, 2.45) is 0 Å². The molecular weight excluding hydrogens is 261 g/mol. The van der Waals surface area contributed by atoms with E-state index in [0.717, 1.165) is 12.1 Å². The standard InChI is InChI=1S/C7H3Cl3F3N/c8-5-2-1-4(3-14-5)6(11,12)7(9,10)13/h1-3H. The van der Waals surface area contributed by atoms with Crippen LogP contribution in [0, 0.1) is 0 Å². The summed E-state index contributed by atoms with van der Waals surface area (Å²) in [7, 11) is 0. The Hall–Kier alpha value is -0.190. The van der Waals surface area contributed by atoms with Crippen molar-refractivity contribution in [1.29, 1.82) is 0 Å². The first-order valence-corrected chi connectivity index (χ1v) is 4.45. The number of aromatic nitrogens is 1. The van der Waals surface area contributed by atoms with Crippen LogP contribution >= 0.6 is 34.8 Å². The van der Waals surface area contributed by atoms with E-state index in [9.17, 15) is 13.2 Å². The molecule has 0 radical (unpaired) electrons. The van der Waals surface area contributed by atoms with Gasteiger partial charge in [0.2, 0.25) is 0 Å². The highest BCUT2D eigenvalue weighted by molar-refractivity contribution is 6.47. The summed E-state index contributed by atoms with van der Waals surface area (Å²) >= 11 is 14.7. The van der Waals surface area contributed by atoms with E-state index in [0.29, 0.717) is 6.20 Å². The van der Waals surface area contributed by atoms with Gasteiger partial charge in [-0.3, -0.25) is 0 Å². The van der Waals surface area contributed by atoms with Crippen LogP contribution in [0.15, 0.2) is 18.3 Å². The van der Waals surface area contributed by atoms with Gasteiger partial charge in [0.15, 0.2) is 0 Å². The number of hydrogen-bond donors (Lipinski definition) is 0. The summed E-state index contributed by atoms with van der Waals surface area (Å²) < 4.78 is 35.1. The first kappa shape index (κ1) is 11.9. The van der Waals surface area contributed by atoms with Gasteiger partial charge in [-0.25, -0.2) is 9.37 Å². The molecule has 7 heteroatoms. The highest BCUT2D eigenvalue weighted by Gasteiger charge is 2.54. The normalized spacial score (nSPS) is 13.0. The molecule has 1 nitrogen and oxygen atoms in total. The van der Waals surface area contributed by atoms with E-state index in [1.165, 1.54) is 0 Å². The molecule has 0 unspecified atom stereocenters. The van der Waals surface area contributed by atoms with Crippen molar-refractivity contribution in [2.75, 3.05) is 0 Å². The van der Waals surface area contributed by atoms with Crippen LogP contribution < -0.4 is 0 Å². The molecule has 0 fully saturated rings. The molecule has 0 aliphatic rings. The molecule has 0 amide bonds. The maximum atomic E-state index is 13.1. The Bertz CT molecular complexity index is 320. The van der Waals surface area contributed by atoms with Crippen molar-refractivity contribution in [3.05, 3.63) is 29.0 Å². The number of nitrogens with zero attached hydrogens (tertiary/aromatic N) is 1. The monoisotopic (exact) mass is 263 g/mol. The maximum Gasteiger partial charge on any atom is 0.336 e. The second kappa shape index (κ2) is 3.76. The number of pyridine rings is 1. The van der Waals surface area contributed by atoms with E-state index in [1.807, 2.05) is 0 Å². The second-order valence-corrected chi connectivity index (χ2v) is 4.06. The van der Waals surface area contributed by atoms with Gasteiger partial charge in [0.25, 0.3) is 0 Å². The van der Waals surface area contributed by atoms with Crippen LogP contribution in [0.1, 0.15) is 5.56 Å². The molecule has 0 bridgehead atoms. The van der Waals surface area contributed by atoms with Gasteiger partial charge in [0, 0.05) is 11.8 Å². The SMILES string of the molecule is FC(Cl)(Cl)C(F)(F)c1ccc(Cl)nc1. The van der Waals surface area contributed by atoms with Gasteiger partial charge in [-0.1, -0.05) is 34.8 Å². The van der Waals surface area contributed by atoms with E-state index in [1.54, 1.807) is 0 Å². The summed E-state index contributed by atoms with van der Waals surface area (Å²) in [6, 6.07) is 1.98. The van der Waals surface area contributed by atoms with Gasteiger partial charge in [0.05, 0.1) is 0 Å². The molecule has 14 heavy (non-hydrogen) atoms. The number of rotatable bonds is 2. The summed E-state index contributed by atoms with van der Waals surface area (Å²) in [4.78, 5) is 3.36. The Morgan fingerprint density at radius 3 is 2.07 bits per heavy atom. The molecule has 0 saturated carbocycles. The van der Waals surface area contributed by atoms with Crippen molar-refractivity contribution in [1.82, 2.24) is 4.98 Å². The molecule has 1 aromatic rings. The summed E-state index contributed by atoms with van der Waals surface area (Å²) in [5.41, 5.74) is -0.741. The Morgan fingerprint density at radius 2 is 1.71 bits per heavy atom. The Morgan fingerprint density at radius 1 is 1.14 bits per heavy atom. The zero-order chi connectivity index (χ0) is 11.0. The van der Waals surface area contributed by atoms with E-state index in [2.05, 4.69) is 28.2 Å². The summed E-state index contributed by atoms with van der Waals surface area (Å²) in [6.45, 7) is 0. The first-order valence-electron chi connectivity index (χ1n) is 3.32. The molecule has 1 rings (SSSR count). The lowest BCUT2D eigenvalue weighted by Gasteiger charge is -2.22. The minimum absolute atomic E-state index is 0.0122. The predicted molar refractivity (Wildman–Crippen MR) is 48.7 cm³/mol. The van der Waals surface area contributed by atoms with Crippen LogP contribution in [-0.2, 0) is 5.92 Å². The third kappa shape index (κ3) is 2.24. The van der Waals surface area contributed by atoms with E-state index in [-0.39, 0.29) is 5.15 Å². The molecule has 78 valence electrons. The summed E-state index contributed by atoms with van der Waals surface area (Å²) in [5, 5.41) is 0.0122. The fourth-order valence-electron chi connectivity index (χ4n) is 0.725. The molecule has 0 N–H and O–H groups in total. The quantitative estimate of drug-likeness (QED) is 0.582. The maximum absolute atomic E-state index is 13.1. The van der Waals surface area contributed by atoms with Gasteiger partial charge < -0.3 is 0 Å². The molecule has 0 aromatic carbocycles. The highest BCUT2D eigenvalue weighted by atomic mass is 35.5. The summed E-state index contributed by atoms with van der Waals surface area (Å²) in [6.07, 6.45) is 0.710. The molecule has 0 aliphatic heterocycles. The molecule has 0 atom stereocenters. The van der Waals surface area contributed by atoms with E-state index < -0.39 is 16.1 Å². The lowest BCUT2D eigenvalue weighted by molar-refractivity contribution is -0.0653. The fourth-order valence-corrected chi connectivity index (χ4v) is 1.06. The first-order chi connectivity index (χ1) is 6.25. The predicted octanol–water partition coefficient (Wildman–Crippen LogP) is 3.93. The Labute approximate surface area is 92.8 Å². The van der Waals surface area contributed by atoms with Crippen LogP contribution in [0.25, 0.3) is 0 Å². The van der Waals surface area contributed by atoms with Crippen LogP contribution in [0.3, 0.4) is 0 Å².